The summed E-state index contributed by atoms with van der Waals surface area (Å²) in [5, 5.41) is 3.38. The molecule has 1 N–H and O–H groups in total. The molecule has 0 aliphatic heterocycles. The number of hydrogen-bond donors (Lipinski definition) is 1. The Hall–Kier alpha value is -0.820. The maximum Gasteiger partial charge on any atom is 0.0340 e. The first kappa shape index (κ1) is 13.2. The highest BCUT2D eigenvalue weighted by Crippen LogP contribution is 2.24. The van der Waals surface area contributed by atoms with Gasteiger partial charge in [-0.25, -0.2) is 0 Å². The van der Waals surface area contributed by atoms with Crippen LogP contribution in [0.1, 0.15) is 57.2 Å². The first-order valence-electron chi connectivity index (χ1n) is 6.37. The summed E-state index contributed by atoms with van der Waals surface area (Å²) in [5.41, 5.74) is 2.84. The molecule has 0 bridgehead atoms. The third-order valence-electron chi connectivity index (χ3n) is 3.45. The van der Waals surface area contributed by atoms with Gasteiger partial charge in [0.15, 0.2) is 0 Å². The lowest BCUT2D eigenvalue weighted by Gasteiger charge is -2.21. The van der Waals surface area contributed by atoms with Gasteiger partial charge in [-0.2, -0.15) is 0 Å². The van der Waals surface area contributed by atoms with Crippen LogP contribution in [0, 0.1) is 5.92 Å². The van der Waals surface area contributed by atoms with Gasteiger partial charge in [0.1, 0.15) is 0 Å². The van der Waals surface area contributed by atoms with E-state index in [1.54, 1.807) is 0 Å². The van der Waals surface area contributed by atoms with Gasteiger partial charge in [0.25, 0.3) is 0 Å². The SMILES string of the molecule is CCC(C)c1ccc(C(NC)C(C)C)cc1. The van der Waals surface area contributed by atoms with Crippen molar-refractivity contribution < 1.29 is 0 Å². The number of nitrogens with one attached hydrogen (secondary N) is 1. The second kappa shape index (κ2) is 6.05. The second-order valence-corrected chi connectivity index (χ2v) is 4.99. The van der Waals surface area contributed by atoms with E-state index in [4.69, 9.17) is 0 Å². The molecule has 2 atom stereocenters. The van der Waals surface area contributed by atoms with Crippen LogP contribution in [0.15, 0.2) is 24.3 Å². The highest BCUT2D eigenvalue weighted by molar-refractivity contribution is 5.27. The topological polar surface area (TPSA) is 12.0 Å². The minimum atomic E-state index is 0.464. The fraction of sp³-hybridized carbons (Fsp3) is 0.600. The molecule has 0 saturated heterocycles. The van der Waals surface area contributed by atoms with Crippen LogP contribution in [0.5, 0.6) is 0 Å². The lowest BCUT2D eigenvalue weighted by atomic mass is 9.92. The average molecular weight is 219 g/mol. The first-order chi connectivity index (χ1) is 7.60. The van der Waals surface area contributed by atoms with Gasteiger partial charge in [-0.05, 0) is 36.4 Å². The Morgan fingerprint density at radius 3 is 1.88 bits per heavy atom. The number of benzene rings is 1. The summed E-state index contributed by atoms with van der Waals surface area (Å²) in [4.78, 5) is 0. The lowest BCUT2D eigenvalue weighted by Crippen LogP contribution is -2.21. The maximum absolute atomic E-state index is 3.38. The van der Waals surface area contributed by atoms with Crippen molar-refractivity contribution in [2.45, 2.75) is 46.1 Å². The predicted molar refractivity (Wildman–Crippen MR) is 71.8 cm³/mol. The smallest absolute Gasteiger partial charge is 0.0340 e. The summed E-state index contributed by atoms with van der Waals surface area (Å²) in [6.45, 7) is 9.03. The molecule has 2 unspecified atom stereocenters. The van der Waals surface area contributed by atoms with Crippen molar-refractivity contribution in [3.8, 4) is 0 Å². The number of rotatable bonds is 5. The molecule has 0 spiro atoms. The molecule has 16 heavy (non-hydrogen) atoms. The van der Waals surface area contributed by atoms with Gasteiger partial charge in [0.2, 0.25) is 0 Å². The van der Waals surface area contributed by atoms with Gasteiger partial charge in [-0.1, -0.05) is 52.0 Å². The summed E-state index contributed by atoms with van der Waals surface area (Å²) in [6.07, 6.45) is 1.21. The van der Waals surface area contributed by atoms with E-state index in [1.165, 1.54) is 17.5 Å². The van der Waals surface area contributed by atoms with Gasteiger partial charge in [-0.3, -0.25) is 0 Å². The van der Waals surface area contributed by atoms with Crippen molar-refractivity contribution >= 4 is 0 Å². The minimum absolute atomic E-state index is 0.464. The Morgan fingerprint density at radius 2 is 1.50 bits per heavy atom. The van der Waals surface area contributed by atoms with Gasteiger partial charge in [0, 0.05) is 6.04 Å². The Bertz CT molecular complexity index is 300. The molecule has 0 saturated carbocycles. The zero-order chi connectivity index (χ0) is 12.1. The molecule has 1 heteroatoms. The third kappa shape index (κ3) is 3.08. The van der Waals surface area contributed by atoms with E-state index >= 15 is 0 Å². The molecule has 1 aromatic rings. The molecular formula is C15H25N. The van der Waals surface area contributed by atoms with Crippen LogP contribution in [-0.2, 0) is 0 Å². The van der Waals surface area contributed by atoms with Crippen molar-refractivity contribution in [1.82, 2.24) is 5.32 Å². The molecule has 0 fully saturated rings. The van der Waals surface area contributed by atoms with Gasteiger partial charge >= 0.3 is 0 Å². The fourth-order valence-corrected chi connectivity index (χ4v) is 2.15. The molecule has 0 heterocycles. The standard InChI is InChI=1S/C15H25N/c1-6-12(4)13-7-9-14(10-8-13)15(16-5)11(2)3/h7-12,15-16H,6H2,1-5H3. The van der Waals surface area contributed by atoms with Crippen LogP contribution in [0.3, 0.4) is 0 Å². The minimum Gasteiger partial charge on any atom is -0.313 e. The molecule has 90 valence electrons. The number of hydrogen-bond acceptors (Lipinski definition) is 1. The average Bonchev–Trinajstić information content (AvgIpc) is 2.29. The zero-order valence-electron chi connectivity index (χ0n) is 11.2. The molecule has 0 amide bonds. The summed E-state index contributed by atoms with van der Waals surface area (Å²) < 4.78 is 0. The molecular weight excluding hydrogens is 194 g/mol. The molecule has 0 aliphatic rings. The van der Waals surface area contributed by atoms with Crippen molar-refractivity contribution in [2.24, 2.45) is 5.92 Å². The Morgan fingerprint density at radius 1 is 1.00 bits per heavy atom. The van der Waals surface area contributed by atoms with Gasteiger partial charge in [-0.15, -0.1) is 0 Å². The largest absolute Gasteiger partial charge is 0.313 e. The summed E-state index contributed by atoms with van der Waals surface area (Å²) >= 11 is 0. The van der Waals surface area contributed by atoms with Crippen LogP contribution in [0.25, 0.3) is 0 Å². The van der Waals surface area contributed by atoms with Gasteiger partial charge < -0.3 is 5.32 Å². The summed E-state index contributed by atoms with van der Waals surface area (Å²) in [5.74, 6) is 1.29. The van der Waals surface area contributed by atoms with Crippen LogP contribution in [0.2, 0.25) is 0 Å². The van der Waals surface area contributed by atoms with Crippen molar-refractivity contribution in [2.75, 3.05) is 7.05 Å². The van der Waals surface area contributed by atoms with E-state index in [0.29, 0.717) is 17.9 Å². The summed E-state index contributed by atoms with van der Waals surface area (Å²) in [7, 11) is 2.03. The molecule has 1 rings (SSSR count). The lowest BCUT2D eigenvalue weighted by molar-refractivity contribution is 0.443. The highest BCUT2D eigenvalue weighted by Gasteiger charge is 2.13. The van der Waals surface area contributed by atoms with E-state index in [1.807, 2.05) is 7.05 Å². The predicted octanol–water partition coefficient (Wildman–Crippen LogP) is 4.12. The first-order valence-corrected chi connectivity index (χ1v) is 6.37. The highest BCUT2D eigenvalue weighted by atomic mass is 14.9. The maximum atomic E-state index is 3.38. The van der Waals surface area contributed by atoms with E-state index in [-0.39, 0.29) is 0 Å². The third-order valence-corrected chi connectivity index (χ3v) is 3.45. The molecule has 0 aliphatic carbocycles. The normalized spacial score (nSPS) is 15.1. The van der Waals surface area contributed by atoms with Crippen molar-refractivity contribution in [3.05, 3.63) is 35.4 Å². The van der Waals surface area contributed by atoms with Crippen LogP contribution >= 0.6 is 0 Å². The van der Waals surface area contributed by atoms with Crippen LogP contribution in [0.4, 0.5) is 0 Å². The van der Waals surface area contributed by atoms with E-state index in [2.05, 4.69) is 57.3 Å². The summed E-state index contributed by atoms with van der Waals surface area (Å²) in [6, 6.07) is 9.54. The van der Waals surface area contributed by atoms with Crippen molar-refractivity contribution in [3.63, 3.8) is 0 Å². The fourth-order valence-electron chi connectivity index (χ4n) is 2.15. The van der Waals surface area contributed by atoms with E-state index < -0.39 is 0 Å². The monoisotopic (exact) mass is 219 g/mol. The molecule has 0 radical (unpaired) electrons. The molecule has 1 nitrogen and oxygen atoms in total. The second-order valence-electron chi connectivity index (χ2n) is 4.99. The Balaban J connectivity index is 2.85. The Labute approximate surface area is 100 Å². The quantitative estimate of drug-likeness (QED) is 0.785. The van der Waals surface area contributed by atoms with E-state index in [9.17, 15) is 0 Å². The van der Waals surface area contributed by atoms with Crippen molar-refractivity contribution in [1.29, 1.82) is 0 Å². The van der Waals surface area contributed by atoms with Gasteiger partial charge in [0.05, 0.1) is 0 Å². The van der Waals surface area contributed by atoms with Crippen LogP contribution < -0.4 is 5.32 Å². The Kier molecular flexibility index (Phi) is 5.01. The zero-order valence-corrected chi connectivity index (χ0v) is 11.2. The molecule has 1 aromatic carbocycles. The molecule has 0 aromatic heterocycles. The van der Waals surface area contributed by atoms with E-state index in [0.717, 1.165) is 0 Å². The van der Waals surface area contributed by atoms with Crippen LogP contribution in [-0.4, -0.2) is 7.05 Å².